The number of para-hydroxylation sites is 1. The molecule has 0 radical (unpaired) electrons. The minimum Gasteiger partial charge on any atom is -0.483 e. The first-order valence-corrected chi connectivity index (χ1v) is 7.52. The fourth-order valence-electron chi connectivity index (χ4n) is 2.60. The van der Waals surface area contributed by atoms with Gasteiger partial charge in [0.1, 0.15) is 23.2 Å². The summed E-state index contributed by atoms with van der Waals surface area (Å²) in [6.45, 7) is 4.31. The van der Waals surface area contributed by atoms with Crippen LogP contribution in [0.3, 0.4) is 0 Å². The average Bonchev–Trinajstić information content (AvgIpc) is 2.53. The van der Waals surface area contributed by atoms with Crippen LogP contribution in [0.1, 0.15) is 25.5 Å². The number of fused-ring (bicyclic) bond motifs is 1. The van der Waals surface area contributed by atoms with Crippen molar-refractivity contribution in [2.45, 2.75) is 20.0 Å². The summed E-state index contributed by atoms with van der Waals surface area (Å²) in [4.78, 5) is 4.43. The van der Waals surface area contributed by atoms with E-state index < -0.39 is 0 Å². The highest BCUT2D eigenvalue weighted by Crippen LogP contribution is 2.32. The van der Waals surface area contributed by atoms with Crippen molar-refractivity contribution in [3.8, 4) is 5.75 Å². The summed E-state index contributed by atoms with van der Waals surface area (Å²) in [5, 5.41) is 1.03. The molecule has 112 valence electrons. The summed E-state index contributed by atoms with van der Waals surface area (Å²) < 4.78 is 6.31. The number of anilines is 1. The van der Waals surface area contributed by atoms with E-state index in [1.807, 2.05) is 48.5 Å². The van der Waals surface area contributed by atoms with E-state index in [2.05, 4.69) is 31.0 Å². The van der Waals surface area contributed by atoms with Gasteiger partial charge in [-0.3, -0.25) is 0 Å². The van der Waals surface area contributed by atoms with Crippen molar-refractivity contribution in [3.63, 3.8) is 0 Å². The molecule has 2 N–H and O–H groups in total. The van der Waals surface area contributed by atoms with E-state index >= 15 is 0 Å². The van der Waals surface area contributed by atoms with Gasteiger partial charge < -0.3 is 10.5 Å². The van der Waals surface area contributed by atoms with Crippen LogP contribution in [0.2, 0.25) is 0 Å². The molecule has 0 bridgehead atoms. The first kappa shape index (κ1) is 14.4. The SMILES string of the molecule is CC(C)[C@H](Oc1cccc2ccc(N)nc12)c1ccccc1. The van der Waals surface area contributed by atoms with Gasteiger partial charge in [0.15, 0.2) is 0 Å². The molecule has 3 aromatic rings. The molecule has 1 heterocycles. The number of nitrogens with two attached hydrogens (primary N) is 1. The van der Waals surface area contributed by atoms with Crippen LogP contribution in [0.25, 0.3) is 10.9 Å². The molecule has 0 unspecified atom stereocenters. The monoisotopic (exact) mass is 292 g/mol. The summed E-state index contributed by atoms with van der Waals surface area (Å²) in [6, 6.07) is 20.0. The van der Waals surface area contributed by atoms with Gasteiger partial charge in [0.05, 0.1) is 0 Å². The maximum Gasteiger partial charge on any atom is 0.146 e. The molecule has 0 spiro atoms. The minimum atomic E-state index is -0.0185. The standard InChI is InChI=1S/C19H20N2O/c1-13(2)19(15-7-4-3-5-8-15)22-16-10-6-9-14-11-12-17(20)21-18(14)16/h3-13,19H,1-2H3,(H2,20,21)/t19-/m0/s1. The largest absolute Gasteiger partial charge is 0.483 e. The Morgan fingerprint density at radius 2 is 1.68 bits per heavy atom. The van der Waals surface area contributed by atoms with Crippen LogP contribution in [0.15, 0.2) is 60.7 Å². The number of rotatable bonds is 4. The van der Waals surface area contributed by atoms with Crippen LogP contribution in [0, 0.1) is 5.92 Å². The molecule has 0 aliphatic rings. The van der Waals surface area contributed by atoms with Crippen molar-refractivity contribution in [1.82, 2.24) is 4.98 Å². The lowest BCUT2D eigenvalue weighted by Crippen LogP contribution is -2.14. The molecule has 0 amide bonds. The molecule has 22 heavy (non-hydrogen) atoms. The number of hydrogen-bond acceptors (Lipinski definition) is 3. The van der Waals surface area contributed by atoms with Gasteiger partial charge in [-0.25, -0.2) is 4.98 Å². The Morgan fingerprint density at radius 3 is 2.41 bits per heavy atom. The molecule has 0 saturated heterocycles. The van der Waals surface area contributed by atoms with Crippen LogP contribution in [0.5, 0.6) is 5.75 Å². The van der Waals surface area contributed by atoms with Crippen LogP contribution >= 0.6 is 0 Å². The fraction of sp³-hybridized carbons (Fsp3) is 0.211. The number of benzene rings is 2. The number of pyridine rings is 1. The topological polar surface area (TPSA) is 48.1 Å². The summed E-state index contributed by atoms with van der Waals surface area (Å²) in [6.07, 6.45) is -0.0185. The van der Waals surface area contributed by atoms with Gasteiger partial charge in [0.25, 0.3) is 0 Å². The highest BCUT2D eigenvalue weighted by Gasteiger charge is 2.19. The van der Waals surface area contributed by atoms with Gasteiger partial charge in [0.2, 0.25) is 0 Å². The van der Waals surface area contributed by atoms with E-state index in [-0.39, 0.29) is 6.10 Å². The highest BCUT2D eigenvalue weighted by atomic mass is 16.5. The van der Waals surface area contributed by atoms with Gasteiger partial charge in [-0.2, -0.15) is 0 Å². The Balaban J connectivity index is 2.02. The van der Waals surface area contributed by atoms with Crippen LogP contribution in [0.4, 0.5) is 5.82 Å². The molecule has 0 saturated carbocycles. The van der Waals surface area contributed by atoms with Crippen molar-refractivity contribution in [2.24, 2.45) is 5.92 Å². The second-order valence-electron chi connectivity index (χ2n) is 5.76. The first-order chi connectivity index (χ1) is 10.6. The Bertz CT molecular complexity index is 769. The van der Waals surface area contributed by atoms with E-state index in [0.717, 1.165) is 16.7 Å². The third-order valence-electron chi connectivity index (χ3n) is 3.69. The van der Waals surface area contributed by atoms with Crippen molar-refractivity contribution >= 4 is 16.7 Å². The Kier molecular flexibility index (Phi) is 3.96. The van der Waals surface area contributed by atoms with Gasteiger partial charge in [-0.1, -0.05) is 56.3 Å². The van der Waals surface area contributed by atoms with Crippen LogP contribution < -0.4 is 10.5 Å². The normalized spacial score (nSPS) is 12.5. The number of aromatic nitrogens is 1. The second-order valence-corrected chi connectivity index (χ2v) is 5.76. The van der Waals surface area contributed by atoms with E-state index in [4.69, 9.17) is 10.5 Å². The predicted octanol–water partition coefficient (Wildman–Crippen LogP) is 4.59. The molecule has 0 aliphatic heterocycles. The fourth-order valence-corrected chi connectivity index (χ4v) is 2.60. The third kappa shape index (κ3) is 2.89. The zero-order chi connectivity index (χ0) is 15.5. The quantitative estimate of drug-likeness (QED) is 0.765. The Morgan fingerprint density at radius 1 is 0.909 bits per heavy atom. The molecule has 0 aliphatic carbocycles. The lowest BCUT2D eigenvalue weighted by molar-refractivity contribution is 0.155. The summed E-state index contributed by atoms with van der Waals surface area (Å²) in [5.74, 6) is 1.62. The second kappa shape index (κ2) is 6.06. The Labute approximate surface area is 130 Å². The van der Waals surface area contributed by atoms with Crippen LogP contribution in [-0.4, -0.2) is 4.98 Å². The number of nitrogen functional groups attached to an aromatic ring is 1. The van der Waals surface area contributed by atoms with Gasteiger partial charge in [0, 0.05) is 5.39 Å². The number of nitrogens with zero attached hydrogens (tertiary/aromatic N) is 1. The minimum absolute atomic E-state index is 0.0185. The van der Waals surface area contributed by atoms with E-state index in [0.29, 0.717) is 11.7 Å². The molecule has 3 nitrogen and oxygen atoms in total. The third-order valence-corrected chi connectivity index (χ3v) is 3.69. The molecule has 0 fully saturated rings. The molecular formula is C19H20N2O. The molecule has 3 heteroatoms. The Hall–Kier alpha value is -2.55. The van der Waals surface area contributed by atoms with Crippen molar-refractivity contribution in [2.75, 3.05) is 5.73 Å². The van der Waals surface area contributed by atoms with Crippen molar-refractivity contribution in [3.05, 3.63) is 66.2 Å². The van der Waals surface area contributed by atoms with E-state index in [1.165, 1.54) is 5.56 Å². The van der Waals surface area contributed by atoms with Crippen LogP contribution in [-0.2, 0) is 0 Å². The lowest BCUT2D eigenvalue weighted by Gasteiger charge is -2.23. The predicted molar refractivity (Wildman–Crippen MR) is 90.8 cm³/mol. The molecule has 3 rings (SSSR count). The van der Waals surface area contributed by atoms with Crippen molar-refractivity contribution < 1.29 is 4.74 Å². The summed E-state index contributed by atoms with van der Waals surface area (Å²) in [5.41, 5.74) is 7.80. The average molecular weight is 292 g/mol. The van der Waals surface area contributed by atoms with E-state index in [9.17, 15) is 0 Å². The molecule has 2 aromatic carbocycles. The summed E-state index contributed by atoms with van der Waals surface area (Å²) >= 11 is 0. The first-order valence-electron chi connectivity index (χ1n) is 7.52. The molecular weight excluding hydrogens is 272 g/mol. The summed E-state index contributed by atoms with van der Waals surface area (Å²) in [7, 11) is 0. The molecule has 1 atom stereocenters. The number of ether oxygens (including phenoxy) is 1. The van der Waals surface area contributed by atoms with Gasteiger partial charge >= 0.3 is 0 Å². The van der Waals surface area contributed by atoms with Gasteiger partial charge in [-0.15, -0.1) is 0 Å². The maximum absolute atomic E-state index is 6.31. The molecule has 1 aromatic heterocycles. The number of hydrogen-bond donors (Lipinski definition) is 1. The highest BCUT2D eigenvalue weighted by molar-refractivity contribution is 5.85. The smallest absolute Gasteiger partial charge is 0.146 e. The maximum atomic E-state index is 6.31. The zero-order valence-electron chi connectivity index (χ0n) is 12.9. The van der Waals surface area contributed by atoms with Gasteiger partial charge in [-0.05, 0) is 29.7 Å². The zero-order valence-corrected chi connectivity index (χ0v) is 12.9. The van der Waals surface area contributed by atoms with Crippen molar-refractivity contribution in [1.29, 1.82) is 0 Å². The van der Waals surface area contributed by atoms with E-state index in [1.54, 1.807) is 0 Å². The lowest BCUT2D eigenvalue weighted by atomic mass is 9.99.